The number of nitrogens with two attached hydrogens (primary N) is 1. The summed E-state index contributed by atoms with van der Waals surface area (Å²) in [5.74, 6) is 0.839. The molecule has 0 bridgehead atoms. The van der Waals surface area contributed by atoms with Crippen LogP contribution in [0.3, 0.4) is 0 Å². The summed E-state index contributed by atoms with van der Waals surface area (Å²) in [6, 6.07) is 5.66. The van der Waals surface area contributed by atoms with Crippen LogP contribution in [0.4, 0.5) is 0 Å². The maximum absolute atomic E-state index is 10.0. The van der Waals surface area contributed by atoms with Crippen LogP contribution in [0.5, 0.6) is 5.75 Å². The molecule has 1 saturated heterocycles. The first-order valence-corrected chi connectivity index (χ1v) is 7.58. The minimum Gasteiger partial charge on any atom is -0.462 e. The molecular formula is C16H25NO5. The molecule has 1 aromatic carbocycles. The normalized spacial score (nSPS) is 28.9. The van der Waals surface area contributed by atoms with Gasteiger partial charge in [-0.2, -0.15) is 0 Å². The highest BCUT2D eigenvalue weighted by molar-refractivity contribution is 5.39. The lowest BCUT2D eigenvalue weighted by atomic mass is 9.99. The molecule has 2 rings (SSSR count). The van der Waals surface area contributed by atoms with Gasteiger partial charge in [-0.3, -0.25) is 0 Å². The fourth-order valence-corrected chi connectivity index (χ4v) is 2.54. The van der Waals surface area contributed by atoms with E-state index in [1.165, 1.54) is 0 Å². The zero-order chi connectivity index (χ0) is 16.3. The van der Waals surface area contributed by atoms with Gasteiger partial charge < -0.3 is 30.5 Å². The lowest BCUT2D eigenvalue weighted by Crippen LogP contribution is -2.51. The molecule has 2 unspecified atom stereocenters. The summed E-state index contributed by atoms with van der Waals surface area (Å²) < 4.78 is 11.3. The third kappa shape index (κ3) is 3.77. The highest BCUT2D eigenvalue weighted by Crippen LogP contribution is 2.31. The van der Waals surface area contributed by atoms with Crippen molar-refractivity contribution in [2.24, 2.45) is 5.73 Å². The zero-order valence-corrected chi connectivity index (χ0v) is 13.0. The standard InChI is InChI=1S/C16H25NO5/c1-9(2)11-5-10(7-17)3-4-14(11)21-16-13(20)6-12(19)15(8-18)22-16/h3-5,9,12-13,15-16,18-20H,6-8,17H2,1-2H3/t12?,13-,15+,16?/m0/s1. The Hall–Kier alpha value is -1.18. The summed E-state index contributed by atoms with van der Waals surface area (Å²) in [6.45, 7) is 4.21. The first-order valence-electron chi connectivity index (χ1n) is 7.58. The predicted octanol–water partition coefficient (Wildman–Crippen LogP) is 0.477. The molecule has 1 aliphatic rings. The van der Waals surface area contributed by atoms with Crippen molar-refractivity contribution in [3.05, 3.63) is 29.3 Å². The van der Waals surface area contributed by atoms with Gasteiger partial charge in [0, 0.05) is 13.0 Å². The van der Waals surface area contributed by atoms with E-state index < -0.39 is 24.6 Å². The van der Waals surface area contributed by atoms with Gasteiger partial charge in [-0.25, -0.2) is 0 Å². The third-order valence-electron chi connectivity index (χ3n) is 3.89. The molecule has 0 spiro atoms. The van der Waals surface area contributed by atoms with E-state index in [0.29, 0.717) is 12.3 Å². The number of rotatable bonds is 5. The van der Waals surface area contributed by atoms with Crippen molar-refractivity contribution in [2.75, 3.05) is 6.61 Å². The van der Waals surface area contributed by atoms with Gasteiger partial charge in [-0.05, 0) is 23.1 Å². The van der Waals surface area contributed by atoms with Crippen molar-refractivity contribution in [1.82, 2.24) is 0 Å². The lowest BCUT2D eigenvalue weighted by molar-refractivity contribution is -0.240. The Bertz CT molecular complexity index is 493. The van der Waals surface area contributed by atoms with Crippen LogP contribution in [0, 0.1) is 0 Å². The first kappa shape index (κ1) is 17.2. The molecule has 5 N–H and O–H groups in total. The van der Waals surface area contributed by atoms with Crippen LogP contribution in [0.15, 0.2) is 18.2 Å². The van der Waals surface area contributed by atoms with Crippen LogP contribution in [-0.2, 0) is 11.3 Å². The molecule has 0 aromatic heterocycles. The molecule has 1 aromatic rings. The molecule has 22 heavy (non-hydrogen) atoms. The van der Waals surface area contributed by atoms with Gasteiger partial charge in [0.05, 0.1) is 12.7 Å². The second-order valence-electron chi connectivity index (χ2n) is 5.94. The zero-order valence-electron chi connectivity index (χ0n) is 13.0. The van der Waals surface area contributed by atoms with Crippen molar-refractivity contribution in [3.8, 4) is 5.75 Å². The lowest BCUT2D eigenvalue weighted by Gasteiger charge is -2.36. The number of aliphatic hydroxyl groups excluding tert-OH is 3. The monoisotopic (exact) mass is 311 g/mol. The van der Waals surface area contributed by atoms with E-state index in [1.54, 1.807) is 0 Å². The SMILES string of the molecule is CC(C)c1cc(CN)ccc1OC1O[C@H](CO)C(O)C[C@@H]1O. The molecule has 124 valence electrons. The van der Waals surface area contributed by atoms with Gasteiger partial charge in [0.15, 0.2) is 0 Å². The molecular weight excluding hydrogens is 286 g/mol. The van der Waals surface area contributed by atoms with Gasteiger partial charge in [-0.15, -0.1) is 0 Å². The molecule has 0 amide bonds. The molecule has 4 atom stereocenters. The van der Waals surface area contributed by atoms with Crippen molar-refractivity contribution in [2.45, 2.75) is 57.3 Å². The molecule has 0 saturated carbocycles. The summed E-state index contributed by atoms with van der Waals surface area (Å²) in [5.41, 5.74) is 7.65. The topological polar surface area (TPSA) is 105 Å². The molecule has 1 fully saturated rings. The van der Waals surface area contributed by atoms with Crippen LogP contribution < -0.4 is 10.5 Å². The summed E-state index contributed by atoms with van der Waals surface area (Å²) in [6.07, 6.45) is -3.41. The van der Waals surface area contributed by atoms with Gasteiger partial charge in [-0.1, -0.05) is 26.0 Å². The van der Waals surface area contributed by atoms with Crippen LogP contribution in [0.1, 0.15) is 37.3 Å². The van der Waals surface area contributed by atoms with Crippen molar-refractivity contribution in [3.63, 3.8) is 0 Å². The maximum atomic E-state index is 10.0. The van der Waals surface area contributed by atoms with Crippen LogP contribution in [-0.4, -0.2) is 46.5 Å². The van der Waals surface area contributed by atoms with Crippen molar-refractivity contribution in [1.29, 1.82) is 0 Å². The van der Waals surface area contributed by atoms with E-state index in [1.807, 2.05) is 32.0 Å². The second kappa shape index (κ2) is 7.39. The van der Waals surface area contributed by atoms with E-state index >= 15 is 0 Å². The van der Waals surface area contributed by atoms with Crippen molar-refractivity contribution < 1.29 is 24.8 Å². The van der Waals surface area contributed by atoms with E-state index in [-0.39, 0.29) is 18.9 Å². The average molecular weight is 311 g/mol. The van der Waals surface area contributed by atoms with Crippen molar-refractivity contribution >= 4 is 0 Å². The minimum absolute atomic E-state index is 0.105. The molecule has 0 aliphatic carbocycles. The molecule has 6 heteroatoms. The van der Waals surface area contributed by atoms with E-state index in [9.17, 15) is 15.3 Å². The van der Waals surface area contributed by atoms with E-state index in [2.05, 4.69) is 0 Å². The number of hydrogen-bond donors (Lipinski definition) is 4. The Labute approximate surface area is 130 Å². The number of ether oxygens (including phenoxy) is 2. The summed E-state index contributed by atoms with van der Waals surface area (Å²) in [4.78, 5) is 0. The van der Waals surface area contributed by atoms with Gasteiger partial charge in [0.25, 0.3) is 0 Å². The Morgan fingerprint density at radius 3 is 2.64 bits per heavy atom. The quantitative estimate of drug-likeness (QED) is 0.630. The third-order valence-corrected chi connectivity index (χ3v) is 3.89. The Balaban J connectivity index is 2.18. The second-order valence-corrected chi connectivity index (χ2v) is 5.94. The first-order chi connectivity index (χ1) is 10.5. The minimum atomic E-state index is -0.952. The fourth-order valence-electron chi connectivity index (χ4n) is 2.54. The largest absolute Gasteiger partial charge is 0.462 e. The van der Waals surface area contributed by atoms with E-state index in [4.69, 9.17) is 15.2 Å². The highest BCUT2D eigenvalue weighted by atomic mass is 16.7. The Morgan fingerprint density at radius 1 is 1.32 bits per heavy atom. The highest BCUT2D eigenvalue weighted by Gasteiger charge is 2.37. The molecule has 0 radical (unpaired) electrons. The van der Waals surface area contributed by atoms with Gasteiger partial charge >= 0.3 is 0 Å². The van der Waals surface area contributed by atoms with Crippen LogP contribution in [0.25, 0.3) is 0 Å². The van der Waals surface area contributed by atoms with Gasteiger partial charge in [0.2, 0.25) is 6.29 Å². The predicted molar refractivity (Wildman–Crippen MR) is 81.4 cm³/mol. The fraction of sp³-hybridized carbons (Fsp3) is 0.625. The summed E-state index contributed by atoms with van der Waals surface area (Å²) >= 11 is 0. The molecule has 6 nitrogen and oxygen atoms in total. The van der Waals surface area contributed by atoms with Gasteiger partial charge in [0.1, 0.15) is 18.0 Å². The average Bonchev–Trinajstić information content (AvgIpc) is 2.50. The maximum Gasteiger partial charge on any atom is 0.226 e. The smallest absolute Gasteiger partial charge is 0.226 e. The number of aliphatic hydroxyl groups is 3. The summed E-state index contributed by atoms with van der Waals surface area (Å²) in [5, 5.41) is 29.0. The Morgan fingerprint density at radius 2 is 2.05 bits per heavy atom. The molecule has 1 heterocycles. The van der Waals surface area contributed by atoms with Crippen LogP contribution in [0.2, 0.25) is 0 Å². The van der Waals surface area contributed by atoms with E-state index in [0.717, 1.165) is 11.1 Å². The number of hydrogen-bond acceptors (Lipinski definition) is 6. The number of benzene rings is 1. The van der Waals surface area contributed by atoms with Crippen LogP contribution >= 0.6 is 0 Å². The molecule has 1 aliphatic heterocycles. The summed E-state index contributed by atoms with van der Waals surface area (Å²) in [7, 11) is 0. The Kier molecular flexibility index (Phi) is 5.77.